The molecule has 0 spiro atoms. The molecule has 3 heterocycles. The van der Waals surface area contributed by atoms with E-state index in [0.29, 0.717) is 18.7 Å². The lowest BCUT2D eigenvalue weighted by molar-refractivity contribution is -0.125. The lowest BCUT2D eigenvalue weighted by Gasteiger charge is -2.35. The molecule has 1 aliphatic heterocycles. The lowest BCUT2D eigenvalue weighted by Crippen LogP contribution is -2.57. The van der Waals surface area contributed by atoms with Gasteiger partial charge in [0, 0.05) is 11.9 Å². The molecule has 3 rings (SSSR count). The summed E-state index contributed by atoms with van der Waals surface area (Å²) in [6, 6.07) is 5.87. The Morgan fingerprint density at radius 3 is 2.96 bits per heavy atom. The van der Waals surface area contributed by atoms with Crippen LogP contribution in [0.2, 0.25) is 0 Å². The Kier molecular flexibility index (Phi) is 4.53. The lowest BCUT2D eigenvalue weighted by atomic mass is 10.0. The van der Waals surface area contributed by atoms with Crippen LogP contribution in [0.1, 0.15) is 23.1 Å². The molecule has 0 unspecified atom stereocenters. The summed E-state index contributed by atoms with van der Waals surface area (Å²) in [6.07, 6.45) is 1.79. The van der Waals surface area contributed by atoms with Crippen LogP contribution in [0.15, 0.2) is 40.3 Å². The van der Waals surface area contributed by atoms with Crippen molar-refractivity contribution in [3.63, 3.8) is 0 Å². The fourth-order valence-corrected chi connectivity index (χ4v) is 4.39. The molecular formula is C14H17N3O4S2. The molecule has 1 saturated heterocycles. The zero-order valence-corrected chi connectivity index (χ0v) is 14.1. The molecule has 0 bridgehead atoms. The Morgan fingerprint density at radius 2 is 2.30 bits per heavy atom. The van der Waals surface area contributed by atoms with E-state index in [1.807, 2.05) is 17.5 Å². The molecule has 2 N–H and O–H groups in total. The maximum Gasteiger partial charge on any atom is 0.280 e. The van der Waals surface area contributed by atoms with Gasteiger partial charge in [-0.05, 0) is 30.0 Å². The van der Waals surface area contributed by atoms with Crippen molar-refractivity contribution in [1.29, 1.82) is 0 Å². The number of rotatable bonds is 4. The van der Waals surface area contributed by atoms with E-state index >= 15 is 0 Å². The van der Waals surface area contributed by atoms with Crippen molar-refractivity contribution in [2.24, 2.45) is 0 Å². The summed E-state index contributed by atoms with van der Waals surface area (Å²) in [5.41, 5.74) is 0. The number of carbonyl (C=O) groups excluding carboxylic acids is 1. The molecule has 2 aromatic rings. The molecule has 7 nitrogen and oxygen atoms in total. The molecule has 124 valence electrons. The third-order valence-electron chi connectivity index (χ3n) is 3.77. The zero-order valence-electron chi connectivity index (χ0n) is 12.4. The first-order valence-electron chi connectivity index (χ1n) is 7.06. The maximum absolute atomic E-state index is 12.4. The minimum atomic E-state index is -3.74. The van der Waals surface area contributed by atoms with Gasteiger partial charge in [0.2, 0.25) is 5.91 Å². The van der Waals surface area contributed by atoms with E-state index in [9.17, 15) is 13.2 Å². The van der Waals surface area contributed by atoms with Crippen LogP contribution in [0.3, 0.4) is 0 Å². The molecule has 0 aliphatic carbocycles. The summed E-state index contributed by atoms with van der Waals surface area (Å²) < 4.78 is 33.3. The van der Waals surface area contributed by atoms with Crippen molar-refractivity contribution in [2.45, 2.75) is 25.0 Å². The second-order valence-electron chi connectivity index (χ2n) is 5.26. The van der Waals surface area contributed by atoms with Crippen LogP contribution in [0, 0.1) is 0 Å². The Labute approximate surface area is 138 Å². The van der Waals surface area contributed by atoms with Crippen LogP contribution < -0.4 is 10.0 Å². The standard InChI is InChI=1S/C14H17N3O4S2/c1-17-12(14(18)15-9-10-4-3-7-22-10)8-11(16-23(17,19)20)13-5-2-6-21-13/h2-7,11-12,16H,8-9H2,1H3,(H,15,18)/t11-,12+/m0/s1. The molecule has 0 radical (unpaired) electrons. The van der Waals surface area contributed by atoms with Crippen molar-refractivity contribution in [3.05, 3.63) is 46.5 Å². The van der Waals surface area contributed by atoms with Crippen LogP contribution in [0.25, 0.3) is 0 Å². The molecule has 1 fully saturated rings. The summed E-state index contributed by atoms with van der Waals surface area (Å²) in [6.45, 7) is 0.389. The number of hydrogen-bond donors (Lipinski definition) is 2. The first kappa shape index (κ1) is 16.2. The van der Waals surface area contributed by atoms with Crippen LogP contribution in [0.4, 0.5) is 0 Å². The summed E-state index contributed by atoms with van der Waals surface area (Å²) in [5.74, 6) is 0.181. The average molecular weight is 355 g/mol. The van der Waals surface area contributed by atoms with Gasteiger partial charge in [0.25, 0.3) is 10.2 Å². The van der Waals surface area contributed by atoms with E-state index < -0.39 is 22.3 Å². The second kappa shape index (κ2) is 6.44. The Bertz CT molecular complexity index is 756. The van der Waals surface area contributed by atoms with Crippen molar-refractivity contribution in [2.75, 3.05) is 7.05 Å². The highest BCUT2D eigenvalue weighted by Crippen LogP contribution is 2.28. The molecular weight excluding hydrogens is 338 g/mol. The fraction of sp³-hybridized carbons (Fsp3) is 0.357. The van der Waals surface area contributed by atoms with E-state index in [2.05, 4.69) is 10.0 Å². The van der Waals surface area contributed by atoms with Crippen LogP contribution in [-0.2, 0) is 21.5 Å². The number of carbonyl (C=O) groups is 1. The van der Waals surface area contributed by atoms with Gasteiger partial charge in [0.05, 0.1) is 18.8 Å². The van der Waals surface area contributed by atoms with Gasteiger partial charge in [-0.25, -0.2) is 0 Å². The van der Waals surface area contributed by atoms with Gasteiger partial charge in [0.1, 0.15) is 11.8 Å². The number of likely N-dealkylation sites (N-methyl/N-ethyl adjacent to an activating group) is 1. The van der Waals surface area contributed by atoms with Crippen LogP contribution in [0.5, 0.6) is 0 Å². The highest BCUT2D eigenvalue weighted by atomic mass is 32.2. The van der Waals surface area contributed by atoms with Gasteiger partial charge in [-0.1, -0.05) is 6.07 Å². The van der Waals surface area contributed by atoms with Crippen LogP contribution in [-0.4, -0.2) is 31.7 Å². The van der Waals surface area contributed by atoms with E-state index in [4.69, 9.17) is 4.42 Å². The van der Waals surface area contributed by atoms with E-state index in [-0.39, 0.29) is 5.91 Å². The monoisotopic (exact) mass is 355 g/mol. The van der Waals surface area contributed by atoms with Gasteiger partial charge in [-0.3, -0.25) is 4.79 Å². The number of hydrogen-bond acceptors (Lipinski definition) is 5. The van der Waals surface area contributed by atoms with E-state index in [1.165, 1.54) is 24.6 Å². The van der Waals surface area contributed by atoms with Gasteiger partial charge in [-0.2, -0.15) is 17.4 Å². The Balaban J connectivity index is 1.74. The molecule has 0 aromatic carbocycles. The first-order valence-corrected chi connectivity index (χ1v) is 9.38. The molecule has 23 heavy (non-hydrogen) atoms. The molecule has 2 atom stereocenters. The van der Waals surface area contributed by atoms with E-state index in [0.717, 1.165) is 9.18 Å². The summed E-state index contributed by atoms with van der Waals surface area (Å²) in [5, 5.41) is 4.72. The van der Waals surface area contributed by atoms with Crippen LogP contribution >= 0.6 is 11.3 Å². The summed E-state index contributed by atoms with van der Waals surface area (Å²) >= 11 is 1.54. The highest BCUT2D eigenvalue weighted by molar-refractivity contribution is 7.87. The minimum absolute atomic E-state index is 0.305. The van der Waals surface area contributed by atoms with Gasteiger partial charge < -0.3 is 9.73 Å². The smallest absolute Gasteiger partial charge is 0.280 e. The highest BCUT2D eigenvalue weighted by Gasteiger charge is 2.41. The quantitative estimate of drug-likeness (QED) is 0.863. The maximum atomic E-state index is 12.4. The Morgan fingerprint density at radius 1 is 1.48 bits per heavy atom. The zero-order chi connectivity index (χ0) is 16.4. The number of nitrogens with zero attached hydrogens (tertiary/aromatic N) is 1. The van der Waals surface area contributed by atoms with Crippen molar-refractivity contribution >= 4 is 27.5 Å². The topological polar surface area (TPSA) is 91.7 Å². The number of amides is 1. The van der Waals surface area contributed by atoms with Crippen molar-refractivity contribution in [3.8, 4) is 0 Å². The number of nitrogens with one attached hydrogen (secondary N) is 2. The summed E-state index contributed by atoms with van der Waals surface area (Å²) in [7, 11) is -2.34. The number of furan rings is 1. The number of thiophene rings is 1. The van der Waals surface area contributed by atoms with Crippen molar-refractivity contribution < 1.29 is 17.6 Å². The summed E-state index contributed by atoms with van der Waals surface area (Å²) in [4.78, 5) is 13.4. The van der Waals surface area contributed by atoms with Crippen molar-refractivity contribution in [1.82, 2.24) is 14.3 Å². The third-order valence-corrected chi connectivity index (χ3v) is 6.25. The predicted octanol–water partition coefficient (Wildman–Crippen LogP) is 1.24. The van der Waals surface area contributed by atoms with E-state index in [1.54, 1.807) is 12.1 Å². The average Bonchev–Trinajstić information content (AvgIpc) is 3.20. The molecule has 1 amide bonds. The third kappa shape index (κ3) is 3.47. The molecule has 2 aromatic heterocycles. The van der Waals surface area contributed by atoms with Gasteiger partial charge >= 0.3 is 0 Å². The largest absolute Gasteiger partial charge is 0.468 e. The predicted molar refractivity (Wildman–Crippen MR) is 85.8 cm³/mol. The first-order chi connectivity index (χ1) is 11.0. The Hall–Kier alpha value is -1.68. The second-order valence-corrected chi connectivity index (χ2v) is 8.05. The molecule has 9 heteroatoms. The molecule has 1 aliphatic rings. The SMILES string of the molecule is CN1[C@@H](C(=O)NCc2cccs2)C[C@@H](c2ccco2)NS1(=O)=O. The minimum Gasteiger partial charge on any atom is -0.468 e. The normalized spacial score (nSPS) is 24.4. The van der Waals surface area contributed by atoms with Gasteiger partial charge in [-0.15, -0.1) is 11.3 Å². The van der Waals surface area contributed by atoms with Gasteiger partial charge in [0.15, 0.2) is 0 Å². The fourth-order valence-electron chi connectivity index (χ4n) is 2.49. The molecule has 0 saturated carbocycles.